The lowest BCUT2D eigenvalue weighted by molar-refractivity contribution is 0.0688. The Balaban J connectivity index is 0.00000243. The monoisotopic (exact) mass is 345 g/mol. The summed E-state index contributed by atoms with van der Waals surface area (Å²) in [5, 5.41) is 2.97. The largest absolute Gasteiger partial charge is 0.462 e. The molecule has 7 heteroatoms. The van der Waals surface area contributed by atoms with Crippen molar-refractivity contribution >= 4 is 23.6 Å². The molecular weight excluding hydrogens is 318 g/mol. The van der Waals surface area contributed by atoms with Gasteiger partial charge >= 0.3 is 12.1 Å². The smallest absolute Gasteiger partial charge is 0.322 e. The fraction of sp³-hybridized carbons (Fsp3) is 0.500. The zero-order valence-corrected chi connectivity index (χ0v) is 15.0. The van der Waals surface area contributed by atoms with Crippen LogP contribution in [0.15, 0.2) is 28.2 Å². The van der Waals surface area contributed by atoms with Gasteiger partial charge in [-0.1, -0.05) is 13.0 Å². The van der Waals surface area contributed by atoms with Gasteiger partial charge in [0.1, 0.15) is 12.4 Å². The molecule has 0 saturated carbocycles. The number of hydrogen-bond donors (Lipinski definition) is 2. The average molecular weight is 345 g/mol. The van der Waals surface area contributed by atoms with Gasteiger partial charge in [0.05, 0.1) is 6.54 Å². The van der Waals surface area contributed by atoms with Crippen molar-refractivity contribution in [3.8, 4) is 0 Å². The van der Waals surface area contributed by atoms with Crippen LogP contribution in [0.3, 0.4) is 0 Å². The first-order valence-corrected chi connectivity index (χ1v) is 8.71. The van der Waals surface area contributed by atoms with Gasteiger partial charge in [0.25, 0.3) is 0 Å². The summed E-state index contributed by atoms with van der Waals surface area (Å²) < 4.78 is 5.28. The first-order chi connectivity index (χ1) is 12.0. The van der Waals surface area contributed by atoms with E-state index >= 15 is 0 Å². The minimum atomic E-state index is -0.0700. The van der Waals surface area contributed by atoms with E-state index < -0.39 is 0 Å². The van der Waals surface area contributed by atoms with Crippen LogP contribution in [0.4, 0.5) is 10.5 Å². The maximum Gasteiger partial charge on any atom is 0.322 e. The molecule has 1 aromatic rings. The number of aryl methyl sites for hydroxylation is 1. The van der Waals surface area contributed by atoms with Crippen LogP contribution in [0.25, 0.3) is 0 Å². The molecule has 1 aromatic carbocycles. The standard InChI is InChI=1S/C18H25N5O2.H2/c1-4-14-9-12(3)23(14)18(24)21-13-6-5-11(2)15(10-13)16(19)22-17-20-7-8-25-17;/h5-6,10,12,14H,4,7-9H2,1-3H3,(H,21,24)(H2,19,20,22);1H. The van der Waals surface area contributed by atoms with E-state index in [2.05, 4.69) is 29.1 Å². The number of rotatable bonds is 3. The molecule has 2 atom stereocenters. The van der Waals surface area contributed by atoms with Gasteiger partial charge in [0, 0.05) is 24.8 Å². The van der Waals surface area contributed by atoms with Crippen LogP contribution < -0.4 is 11.1 Å². The van der Waals surface area contributed by atoms with Gasteiger partial charge in [0.15, 0.2) is 0 Å². The molecule has 2 amide bonds. The number of carbonyl (C=O) groups is 1. The number of benzene rings is 1. The third kappa shape index (κ3) is 3.60. The molecule has 3 N–H and O–H groups in total. The van der Waals surface area contributed by atoms with Crippen molar-refractivity contribution < 1.29 is 11.0 Å². The fourth-order valence-electron chi connectivity index (χ4n) is 3.29. The Hall–Kier alpha value is -2.57. The van der Waals surface area contributed by atoms with Gasteiger partial charge in [-0.15, -0.1) is 0 Å². The van der Waals surface area contributed by atoms with Gasteiger partial charge in [-0.3, -0.25) is 0 Å². The van der Waals surface area contributed by atoms with Gasteiger partial charge in [-0.25, -0.2) is 9.79 Å². The second-order valence-corrected chi connectivity index (χ2v) is 6.52. The van der Waals surface area contributed by atoms with Gasteiger partial charge in [-0.2, -0.15) is 4.99 Å². The number of nitrogens with one attached hydrogen (secondary N) is 1. The minimum absolute atomic E-state index is 0. The maximum atomic E-state index is 12.5. The number of aliphatic imine (C=N–C) groups is 2. The van der Waals surface area contributed by atoms with Crippen molar-refractivity contribution in [1.29, 1.82) is 0 Å². The summed E-state index contributed by atoms with van der Waals surface area (Å²) in [4.78, 5) is 22.8. The molecule has 0 radical (unpaired) electrons. The number of nitrogens with zero attached hydrogens (tertiary/aromatic N) is 3. The summed E-state index contributed by atoms with van der Waals surface area (Å²) in [5.41, 5.74) is 8.54. The van der Waals surface area contributed by atoms with E-state index in [1.54, 1.807) is 0 Å². The molecule has 2 aliphatic heterocycles. The topological polar surface area (TPSA) is 92.3 Å². The van der Waals surface area contributed by atoms with Gasteiger partial charge in [0.2, 0.25) is 0 Å². The quantitative estimate of drug-likeness (QED) is 0.652. The lowest BCUT2D eigenvalue weighted by Gasteiger charge is -2.46. The molecule has 3 rings (SSSR count). The Morgan fingerprint density at radius 3 is 3.00 bits per heavy atom. The predicted octanol–water partition coefficient (Wildman–Crippen LogP) is 2.74. The first-order valence-electron chi connectivity index (χ1n) is 8.71. The summed E-state index contributed by atoms with van der Waals surface area (Å²) >= 11 is 0. The van der Waals surface area contributed by atoms with Crippen molar-refractivity contribution in [3.63, 3.8) is 0 Å². The van der Waals surface area contributed by atoms with Crippen LogP contribution in [0, 0.1) is 6.92 Å². The summed E-state index contributed by atoms with van der Waals surface area (Å²) in [7, 11) is 0. The van der Waals surface area contributed by atoms with E-state index in [1.807, 2.05) is 30.0 Å². The molecule has 25 heavy (non-hydrogen) atoms. The van der Waals surface area contributed by atoms with Gasteiger partial charge in [-0.05, 0) is 44.4 Å². The van der Waals surface area contributed by atoms with Crippen molar-refractivity contribution in [2.75, 3.05) is 18.5 Å². The number of likely N-dealkylation sites (tertiary alicyclic amines) is 1. The van der Waals surface area contributed by atoms with Crippen molar-refractivity contribution in [2.45, 2.75) is 45.7 Å². The maximum absolute atomic E-state index is 12.5. The predicted molar refractivity (Wildman–Crippen MR) is 101 cm³/mol. The van der Waals surface area contributed by atoms with E-state index in [9.17, 15) is 4.79 Å². The molecule has 0 spiro atoms. The molecule has 2 unspecified atom stereocenters. The zero-order chi connectivity index (χ0) is 18.0. The van der Waals surface area contributed by atoms with Crippen LogP contribution in [0.5, 0.6) is 0 Å². The number of anilines is 1. The van der Waals surface area contributed by atoms with Crippen molar-refractivity contribution in [1.82, 2.24) is 4.90 Å². The second kappa shape index (κ2) is 7.13. The normalized spacial score (nSPS) is 22.9. The Bertz CT molecular complexity index is 734. The summed E-state index contributed by atoms with van der Waals surface area (Å²) in [6.07, 6.45) is 2.03. The highest BCUT2D eigenvalue weighted by Crippen LogP contribution is 2.28. The highest BCUT2D eigenvalue weighted by atomic mass is 16.5. The first kappa shape index (κ1) is 17.3. The molecule has 1 saturated heterocycles. The Morgan fingerprint density at radius 2 is 2.36 bits per heavy atom. The molecule has 7 nitrogen and oxygen atoms in total. The van der Waals surface area contributed by atoms with E-state index in [-0.39, 0.29) is 13.5 Å². The molecular formula is C18H27N5O2. The lowest BCUT2D eigenvalue weighted by Crippen LogP contribution is -2.58. The summed E-state index contributed by atoms with van der Waals surface area (Å²) in [6.45, 7) is 7.26. The van der Waals surface area contributed by atoms with Crippen LogP contribution in [-0.2, 0) is 4.74 Å². The number of nitrogens with two attached hydrogens (primary N) is 1. The molecule has 0 aliphatic carbocycles. The van der Waals surface area contributed by atoms with E-state index in [0.717, 1.165) is 24.0 Å². The average Bonchev–Trinajstić information content (AvgIpc) is 3.06. The number of ether oxygens (including phenoxy) is 1. The SMILES string of the molecule is CCC1CC(C)N1C(=O)Nc1ccc(C)c(/C(N)=N/C2=NCCO2)c1.[HH]. The number of amides is 2. The van der Waals surface area contributed by atoms with Crippen molar-refractivity contribution in [2.24, 2.45) is 15.7 Å². The zero-order valence-electron chi connectivity index (χ0n) is 15.0. The highest BCUT2D eigenvalue weighted by molar-refractivity contribution is 6.05. The van der Waals surface area contributed by atoms with Crippen molar-refractivity contribution in [3.05, 3.63) is 29.3 Å². The third-order valence-electron chi connectivity index (χ3n) is 4.74. The van der Waals surface area contributed by atoms with Crippen LogP contribution in [-0.4, -0.2) is 48.0 Å². The fourth-order valence-corrected chi connectivity index (χ4v) is 3.29. The molecule has 1 fully saturated rings. The number of urea groups is 1. The number of amidine groups is 2. The number of carbonyl (C=O) groups excluding carboxylic acids is 1. The van der Waals surface area contributed by atoms with E-state index in [4.69, 9.17) is 10.5 Å². The molecule has 136 valence electrons. The highest BCUT2D eigenvalue weighted by Gasteiger charge is 2.37. The molecule has 2 aliphatic rings. The van der Waals surface area contributed by atoms with E-state index in [1.165, 1.54) is 0 Å². The minimum Gasteiger partial charge on any atom is -0.462 e. The molecule has 2 heterocycles. The summed E-state index contributed by atoms with van der Waals surface area (Å²) in [5.74, 6) is 0.331. The van der Waals surface area contributed by atoms with Gasteiger partial charge < -0.3 is 20.7 Å². The Morgan fingerprint density at radius 1 is 1.56 bits per heavy atom. The number of hydrogen-bond acceptors (Lipinski definition) is 4. The Kier molecular flexibility index (Phi) is 4.92. The second-order valence-electron chi connectivity index (χ2n) is 6.52. The summed E-state index contributed by atoms with van der Waals surface area (Å²) in [6, 6.07) is 6.47. The Labute approximate surface area is 149 Å². The van der Waals surface area contributed by atoms with Crippen LogP contribution in [0.1, 0.15) is 39.2 Å². The molecule has 0 bridgehead atoms. The van der Waals surface area contributed by atoms with E-state index in [0.29, 0.717) is 36.7 Å². The van der Waals surface area contributed by atoms with Crippen LogP contribution >= 0.6 is 0 Å². The van der Waals surface area contributed by atoms with Crippen LogP contribution in [0.2, 0.25) is 0 Å². The molecule has 0 aromatic heterocycles. The third-order valence-corrected chi connectivity index (χ3v) is 4.74. The lowest BCUT2D eigenvalue weighted by atomic mass is 9.93.